The van der Waals surface area contributed by atoms with Crippen LogP contribution in [-0.2, 0) is 19.1 Å². The molecule has 0 bridgehead atoms. The minimum Gasteiger partial charge on any atom is -0.462 e. The SMILES string of the molecule is NC=NC(=NC=O)c1ccc(C2CCC(COC(=O)CN)O2)[nH]1. The number of hydrogen-bond donors (Lipinski definition) is 3. The molecule has 9 nitrogen and oxygen atoms in total. The van der Waals surface area contributed by atoms with Gasteiger partial charge in [-0.2, -0.15) is 4.99 Å². The van der Waals surface area contributed by atoms with Gasteiger partial charge in [0, 0.05) is 5.69 Å². The van der Waals surface area contributed by atoms with E-state index in [0.717, 1.165) is 24.9 Å². The van der Waals surface area contributed by atoms with Crippen molar-refractivity contribution in [3.05, 3.63) is 23.5 Å². The molecule has 2 rings (SSSR count). The Morgan fingerprint density at radius 3 is 3.00 bits per heavy atom. The lowest BCUT2D eigenvalue weighted by molar-refractivity contribution is -0.145. The van der Waals surface area contributed by atoms with Crippen LogP contribution in [0.4, 0.5) is 0 Å². The van der Waals surface area contributed by atoms with Crippen LogP contribution in [0.1, 0.15) is 30.3 Å². The zero-order valence-corrected chi connectivity index (χ0v) is 12.5. The van der Waals surface area contributed by atoms with Crippen LogP contribution in [0, 0.1) is 0 Å². The van der Waals surface area contributed by atoms with Crippen molar-refractivity contribution in [1.29, 1.82) is 0 Å². The fraction of sp³-hybridized carbons (Fsp3) is 0.429. The lowest BCUT2D eigenvalue weighted by Crippen LogP contribution is -2.23. The molecule has 0 aromatic carbocycles. The Balaban J connectivity index is 1.97. The van der Waals surface area contributed by atoms with Crippen LogP contribution in [0.2, 0.25) is 0 Å². The molecule has 1 aromatic rings. The highest BCUT2D eigenvalue weighted by Crippen LogP contribution is 2.32. The molecule has 1 fully saturated rings. The Morgan fingerprint density at radius 2 is 2.30 bits per heavy atom. The summed E-state index contributed by atoms with van der Waals surface area (Å²) < 4.78 is 10.8. The van der Waals surface area contributed by atoms with Crippen molar-refractivity contribution < 1.29 is 19.1 Å². The van der Waals surface area contributed by atoms with Crippen molar-refractivity contribution in [3.8, 4) is 0 Å². The van der Waals surface area contributed by atoms with Gasteiger partial charge in [0.1, 0.15) is 6.61 Å². The minimum atomic E-state index is -0.450. The molecule has 0 aliphatic carbocycles. The zero-order valence-electron chi connectivity index (χ0n) is 12.5. The molecule has 2 unspecified atom stereocenters. The van der Waals surface area contributed by atoms with Gasteiger partial charge in [-0.25, -0.2) is 4.99 Å². The van der Waals surface area contributed by atoms with Gasteiger partial charge < -0.3 is 25.9 Å². The van der Waals surface area contributed by atoms with E-state index < -0.39 is 5.97 Å². The summed E-state index contributed by atoms with van der Waals surface area (Å²) in [4.78, 5) is 32.1. The standard InChI is InChI=1S/C14H19N5O4/c15-5-13(21)22-6-9-1-4-12(23-9)10-2-3-11(19-10)14(17-7-16)18-8-20/h2-3,7-9,12,19H,1,4-6,15H2,(H2,16,17,18,20). The van der Waals surface area contributed by atoms with E-state index in [0.29, 0.717) is 12.1 Å². The zero-order chi connectivity index (χ0) is 16.7. The maximum absolute atomic E-state index is 11.0. The van der Waals surface area contributed by atoms with Gasteiger partial charge in [0.25, 0.3) is 0 Å². The molecule has 1 aromatic heterocycles. The molecule has 1 amide bonds. The number of nitrogens with one attached hydrogen (secondary N) is 1. The third kappa shape index (κ3) is 4.47. The first kappa shape index (κ1) is 16.8. The van der Waals surface area contributed by atoms with E-state index in [-0.39, 0.29) is 31.2 Å². The first-order chi connectivity index (χ1) is 11.2. The number of ether oxygens (including phenoxy) is 2. The molecule has 1 aliphatic rings. The average Bonchev–Trinajstić information content (AvgIpc) is 3.21. The predicted octanol–water partition coefficient (Wildman–Crippen LogP) is -0.373. The van der Waals surface area contributed by atoms with Gasteiger partial charge in [0.05, 0.1) is 30.8 Å². The molecule has 23 heavy (non-hydrogen) atoms. The number of rotatable bonds is 6. The van der Waals surface area contributed by atoms with Crippen molar-refractivity contribution in [2.24, 2.45) is 21.5 Å². The molecule has 0 radical (unpaired) electrons. The van der Waals surface area contributed by atoms with Crippen LogP contribution in [0.3, 0.4) is 0 Å². The second kappa shape index (κ2) is 8.20. The van der Waals surface area contributed by atoms with E-state index in [1.54, 1.807) is 6.07 Å². The van der Waals surface area contributed by atoms with E-state index in [1.165, 1.54) is 0 Å². The van der Waals surface area contributed by atoms with Crippen LogP contribution >= 0.6 is 0 Å². The lowest BCUT2D eigenvalue weighted by Gasteiger charge is -2.13. The summed E-state index contributed by atoms with van der Waals surface area (Å²) >= 11 is 0. The third-order valence-electron chi connectivity index (χ3n) is 3.37. The van der Waals surface area contributed by atoms with Gasteiger partial charge in [-0.05, 0) is 25.0 Å². The number of aliphatic imine (C=N–C) groups is 2. The topological polar surface area (TPSA) is 145 Å². The van der Waals surface area contributed by atoms with Gasteiger partial charge in [-0.15, -0.1) is 0 Å². The Morgan fingerprint density at radius 1 is 1.48 bits per heavy atom. The van der Waals surface area contributed by atoms with Gasteiger partial charge in [0.15, 0.2) is 5.84 Å². The number of H-pyrrole nitrogens is 1. The second-order valence-electron chi connectivity index (χ2n) is 4.87. The summed E-state index contributed by atoms with van der Waals surface area (Å²) in [6, 6.07) is 3.58. The molecular weight excluding hydrogens is 302 g/mol. The number of carbonyl (C=O) groups excluding carboxylic acids is 2. The number of carbonyl (C=O) groups is 2. The number of esters is 1. The number of nitrogens with two attached hydrogens (primary N) is 2. The van der Waals surface area contributed by atoms with Crippen molar-refractivity contribution in [3.63, 3.8) is 0 Å². The van der Waals surface area contributed by atoms with E-state index in [1.807, 2.05) is 6.07 Å². The van der Waals surface area contributed by atoms with E-state index in [4.69, 9.17) is 20.9 Å². The average molecular weight is 321 g/mol. The number of nitrogens with zero attached hydrogens (tertiary/aromatic N) is 2. The number of amidine groups is 1. The maximum Gasteiger partial charge on any atom is 0.319 e. The number of hydrogen-bond acceptors (Lipinski definition) is 5. The van der Waals surface area contributed by atoms with Gasteiger partial charge in [0.2, 0.25) is 6.41 Å². The number of aromatic amines is 1. The predicted molar refractivity (Wildman–Crippen MR) is 82.9 cm³/mol. The molecule has 1 aliphatic heterocycles. The van der Waals surface area contributed by atoms with Crippen molar-refractivity contribution in [2.75, 3.05) is 13.2 Å². The van der Waals surface area contributed by atoms with E-state index >= 15 is 0 Å². The number of amides is 1. The van der Waals surface area contributed by atoms with Crippen molar-refractivity contribution in [1.82, 2.24) is 4.98 Å². The van der Waals surface area contributed by atoms with Crippen molar-refractivity contribution in [2.45, 2.75) is 25.0 Å². The van der Waals surface area contributed by atoms with Crippen LogP contribution in [-0.4, -0.2) is 48.8 Å². The summed E-state index contributed by atoms with van der Waals surface area (Å²) in [6.45, 7) is 0.0477. The maximum atomic E-state index is 11.0. The summed E-state index contributed by atoms with van der Waals surface area (Å²) in [5.41, 5.74) is 11.8. The van der Waals surface area contributed by atoms with E-state index in [9.17, 15) is 9.59 Å². The fourth-order valence-corrected chi connectivity index (χ4v) is 2.33. The smallest absolute Gasteiger partial charge is 0.319 e. The molecule has 0 saturated carbocycles. The Hall–Kier alpha value is -2.52. The monoisotopic (exact) mass is 321 g/mol. The van der Waals surface area contributed by atoms with Crippen LogP contribution in [0.25, 0.3) is 0 Å². The highest BCUT2D eigenvalue weighted by atomic mass is 16.6. The molecular formula is C14H19N5O4. The Bertz CT molecular complexity index is 610. The first-order valence-corrected chi connectivity index (χ1v) is 7.14. The second-order valence-corrected chi connectivity index (χ2v) is 4.87. The summed E-state index contributed by atoms with van der Waals surface area (Å²) in [5.74, 6) is -0.256. The summed E-state index contributed by atoms with van der Waals surface area (Å²) in [7, 11) is 0. The lowest BCUT2D eigenvalue weighted by atomic mass is 10.1. The summed E-state index contributed by atoms with van der Waals surface area (Å²) in [5, 5.41) is 0. The molecule has 9 heteroatoms. The largest absolute Gasteiger partial charge is 0.462 e. The third-order valence-corrected chi connectivity index (χ3v) is 3.37. The van der Waals surface area contributed by atoms with Crippen molar-refractivity contribution >= 4 is 24.6 Å². The normalized spacial score (nSPS) is 21.7. The van der Waals surface area contributed by atoms with Crippen LogP contribution < -0.4 is 11.5 Å². The molecule has 0 spiro atoms. The molecule has 2 atom stereocenters. The van der Waals surface area contributed by atoms with Crippen LogP contribution in [0.15, 0.2) is 22.1 Å². The molecule has 124 valence electrons. The summed E-state index contributed by atoms with van der Waals surface area (Å²) in [6.07, 6.45) is 2.71. The molecule has 5 N–H and O–H groups in total. The van der Waals surface area contributed by atoms with Gasteiger partial charge in [-0.1, -0.05) is 0 Å². The highest BCUT2D eigenvalue weighted by molar-refractivity contribution is 6.04. The Labute approximate surface area is 132 Å². The van der Waals surface area contributed by atoms with Gasteiger partial charge in [-0.3, -0.25) is 9.59 Å². The van der Waals surface area contributed by atoms with Crippen LogP contribution in [0.5, 0.6) is 0 Å². The highest BCUT2D eigenvalue weighted by Gasteiger charge is 2.28. The molecule has 1 saturated heterocycles. The number of aromatic nitrogens is 1. The van der Waals surface area contributed by atoms with E-state index in [2.05, 4.69) is 15.0 Å². The minimum absolute atomic E-state index is 0.142. The quantitative estimate of drug-likeness (QED) is 0.282. The fourth-order valence-electron chi connectivity index (χ4n) is 2.33. The first-order valence-electron chi connectivity index (χ1n) is 7.14. The van der Waals surface area contributed by atoms with Gasteiger partial charge >= 0.3 is 5.97 Å². The Kier molecular flexibility index (Phi) is 6.01. The molecule has 2 heterocycles.